The molecule has 0 saturated heterocycles. The van der Waals surface area contributed by atoms with Gasteiger partial charge in [0, 0.05) is 29.8 Å². The van der Waals surface area contributed by atoms with Gasteiger partial charge in [0.15, 0.2) is 0 Å². The van der Waals surface area contributed by atoms with E-state index in [1.54, 1.807) is 25.3 Å². The Kier molecular flexibility index (Phi) is 10.3. The molecule has 1 unspecified atom stereocenters. The fourth-order valence-corrected chi connectivity index (χ4v) is 4.60. The van der Waals surface area contributed by atoms with Gasteiger partial charge in [-0.15, -0.1) is 0 Å². The highest BCUT2D eigenvalue weighted by atomic mass is 19.1. The SMILES string of the molecule is COC(=O)C[C@H](O)CC(O)/C=C/c1[nH]c(C(=O)NCc2cccc(OC)c2)c(-c2ccccc2)c1-c1ccc(F)cc1. The molecule has 0 spiro atoms. The molecule has 1 aromatic heterocycles. The number of methoxy groups -OCH3 is 2. The molecule has 0 radical (unpaired) electrons. The summed E-state index contributed by atoms with van der Waals surface area (Å²) in [6.07, 6.45) is 0.526. The summed E-state index contributed by atoms with van der Waals surface area (Å²) in [6, 6.07) is 22.6. The van der Waals surface area contributed by atoms with Gasteiger partial charge in [0.25, 0.3) is 5.91 Å². The van der Waals surface area contributed by atoms with Gasteiger partial charge < -0.3 is 30.0 Å². The Balaban J connectivity index is 1.74. The predicted octanol–water partition coefficient (Wildman–Crippen LogP) is 5.11. The highest BCUT2D eigenvalue weighted by molar-refractivity contribution is 6.05. The highest BCUT2D eigenvalue weighted by Crippen LogP contribution is 2.39. The molecule has 42 heavy (non-hydrogen) atoms. The van der Waals surface area contributed by atoms with Crippen LogP contribution in [0.5, 0.6) is 5.75 Å². The van der Waals surface area contributed by atoms with Crippen LogP contribution in [0.4, 0.5) is 4.39 Å². The van der Waals surface area contributed by atoms with Crippen molar-refractivity contribution in [2.24, 2.45) is 0 Å². The number of aliphatic hydroxyl groups excluding tert-OH is 2. The molecule has 0 aliphatic heterocycles. The number of esters is 1. The van der Waals surface area contributed by atoms with Crippen molar-refractivity contribution in [3.05, 3.63) is 108 Å². The van der Waals surface area contributed by atoms with Crippen LogP contribution in [-0.4, -0.2) is 53.5 Å². The van der Waals surface area contributed by atoms with Crippen molar-refractivity contribution >= 4 is 18.0 Å². The molecule has 0 saturated carbocycles. The van der Waals surface area contributed by atoms with E-state index in [0.717, 1.165) is 11.1 Å². The van der Waals surface area contributed by atoms with E-state index in [0.29, 0.717) is 28.1 Å². The van der Waals surface area contributed by atoms with Gasteiger partial charge in [-0.2, -0.15) is 0 Å². The summed E-state index contributed by atoms with van der Waals surface area (Å²) >= 11 is 0. The molecule has 4 N–H and O–H groups in total. The van der Waals surface area contributed by atoms with E-state index in [1.165, 1.54) is 25.3 Å². The monoisotopic (exact) mass is 572 g/mol. The maximum Gasteiger partial charge on any atom is 0.308 e. The molecule has 0 fully saturated rings. The Morgan fingerprint density at radius 1 is 0.952 bits per heavy atom. The number of ether oxygens (including phenoxy) is 2. The van der Waals surface area contributed by atoms with Crippen LogP contribution in [0, 0.1) is 5.82 Å². The molecule has 3 aromatic carbocycles. The summed E-state index contributed by atoms with van der Waals surface area (Å²) in [6.45, 7) is 0.247. The Labute approximate surface area is 243 Å². The van der Waals surface area contributed by atoms with Crippen molar-refractivity contribution in [1.82, 2.24) is 10.3 Å². The zero-order valence-electron chi connectivity index (χ0n) is 23.3. The normalized spacial score (nSPS) is 12.6. The van der Waals surface area contributed by atoms with Gasteiger partial charge in [0.05, 0.1) is 32.8 Å². The maximum atomic E-state index is 13.9. The van der Waals surface area contributed by atoms with Crippen molar-refractivity contribution in [2.45, 2.75) is 31.6 Å². The first-order valence-electron chi connectivity index (χ1n) is 13.4. The lowest BCUT2D eigenvalue weighted by molar-refractivity contribution is -0.143. The third kappa shape index (κ3) is 7.72. The molecule has 0 bridgehead atoms. The van der Waals surface area contributed by atoms with Crippen molar-refractivity contribution < 1.29 is 33.7 Å². The van der Waals surface area contributed by atoms with Crippen LogP contribution in [0.3, 0.4) is 0 Å². The predicted molar refractivity (Wildman–Crippen MR) is 158 cm³/mol. The van der Waals surface area contributed by atoms with Gasteiger partial charge in [-0.05, 0) is 47.0 Å². The number of H-pyrrole nitrogens is 1. The van der Waals surface area contributed by atoms with Crippen LogP contribution in [0.15, 0.2) is 84.9 Å². The van der Waals surface area contributed by atoms with Gasteiger partial charge in [0.1, 0.15) is 17.3 Å². The second-order valence-corrected chi connectivity index (χ2v) is 9.67. The van der Waals surface area contributed by atoms with Crippen LogP contribution in [0.2, 0.25) is 0 Å². The molecule has 1 heterocycles. The molecular formula is C33H33FN2O6. The quantitative estimate of drug-likeness (QED) is 0.175. The number of amides is 1. The van der Waals surface area contributed by atoms with Crippen LogP contribution >= 0.6 is 0 Å². The lowest BCUT2D eigenvalue weighted by atomic mass is 9.94. The fraction of sp³-hybridized carbons (Fsp3) is 0.212. The van der Waals surface area contributed by atoms with E-state index in [9.17, 15) is 24.2 Å². The molecule has 9 heteroatoms. The lowest BCUT2D eigenvalue weighted by Gasteiger charge is -2.12. The number of benzene rings is 3. The number of carbonyl (C=O) groups excluding carboxylic acids is 2. The number of halogens is 1. The number of aliphatic hydroxyl groups is 2. The summed E-state index contributed by atoms with van der Waals surface area (Å²) in [5.41, 5.74) is 4.27. The standard InChI is InChI=1S/C33H33FN2O6/c1-41-27-10-6-7-21(17-27)20-35-33(40)32-31(22-8-4-3-5-9-22)30(23-11-13-24(34)14-12-23)28(36-32)16-15-25(37)18-26(38)19-29(39)42-2/h3-17,25-26,36-38H,18-20H2,1-2H3,(H,35,40)/b16-15+/t25?,26-/m1/s1. The third-order valence-corrected chi connectivity index (χ3v) is 6.67. The number of aromatic nitrogens is 1. The summed E-state index contributed by atoms with van der Waals surface area (Å²) < 4.78 is 23.7. The molecule has 2 atom stereocenters. The van der Waals surface area contributed by atoms with Gasteiger partial charge in [-0.1, -0.05) is 60.7 Å². The second-order valence-electron chi connectivity index (χ2n) is 9.67. The zero-order chi connectivity index (χ0) is 30.1. The van der Waals surface area contributed by atoms with Crippen LogP contribution < -0.4 is 10.1 Å². The Morgan fingerprint density at radius 3 is 2.36 bits per heavy atom. The van der Waals surface area contributed by atoms with E-state index >= 15 is 0 Å². The smallest absolute Gasteiger partial charge is 0.308 e. The van der Waals surface area contributed by atoms with Crippen LogP contribution in [-0.2, 0) is 16.1 Å². The summed E-state index contributed by atoms with van der Waals surface area (Å²) in [7, 11) is 2.80. The topological polar surface area (TPSA) is 121 Å². The van der Waals surface area contributed by atoms with Gasteiger partial charge in [-0.3, -0.25) is 9.59 Å². The van der Waals surface area contributed by atoms with Crippen molar-refractivity contribution in [3.8, 4) is 28.0 Å². The zero-order valence-corrected chi connectivity index (χ0v) is 23.3. The van der Waals surface area contributed by atoms with E-state index in [4.69, 9.17) is 4.74 Å². The first-order valence-corrected chi connectivity index (χ1v) is 13.4. The average Bonchev–Trinajstić information content (AvgIpc) is 3.39. The first kappa shape index (κ1) is 30.2. The van der Waals surface area contributed by atoms with Crippen LogP contribution in [0.25, 0.3) is 28.3 Å². The minimum absolute atomic E-state index is 0.0996. The Morgan fingerprint density at radius 2 is 1.67 bits per heavy atom. The molecule has 218 valence electrons. The number of nitrogens with one attached hydrogen (secondary N) is 2. The largest absolute Gasteiger partial charge is 0.497 e. The molecule has 8 nitrogen and oxygen atoms in total. The van der Waals surface area contributed by atoms with Gasteiger partial charge >= 0.3 is 5.97 Å². The van der Waals surface area contributed by atoms with Gasteiger partial charge in [0.2, 0.25) is 0 Å². The maximum absolute atomic E-state index is 13.9. The van der Waals surface area contributed by atoms with Gasteiger partial charge in [-0.25, -0.2) is 4.39 Å². The van der Waals surface area contributed by atoms with Crippen molar-refractivity contribution in [1.29, 1.82) is 0 Å². The fourth-order valence-electron chi connectivity index (χ4n) is 4.60. The Bertz CT molecular complexity index is 1530. The summed E-state index contributed by atoms with van der Waals surface area (Å²) in [5.74, 6) is -0.681. The number of hydrogen-bond donors (Lipinski definition) is 4. The summed E-state index contributed by atoms with van der Waals surface area (Å²) in [5, 5.41) is 23.7. The van der Waals surface area contributed by atoms with E-state index in [-0.39, 0.29) is 31.0 Å². The van der Waals surface area contributed by atoms with E-state index < -0.39 is 24.0 Å². The number of carbonyl (C=O) groups is 2. The second kappa shape index (κ2) is 14.2. The number of aromatic amines is 1. The Hall–Kier alpha value is -4.73. The summed E-state index contributed by atoms with van der Waals surface area (Å²) in [4.78, 5) is 28.3. The number of rotatable bonds is 12. The minimum atomic E-state index is -1.10. The third-order valence-electron chi connectivity index (χ3n) is 6.67. The average molecular weight is 573 g/mol. The van der Waals surface area contributed by atoms with Crippen LogP contribution in [0.1, 0.15) is 34.6 Å². The molecule has 0 aliphatic rings. The first-order chi connectivity index (χ1) is 20.3. The lowest BCUT2D eigenvalue weighted by Crippen LogP contribution is -2.23. The minimum Gasteiger partial charge on any atom is -0.497 e. The van der Waals surface area contributed by atoms with E-state index in [1.807, 2.05) is 54.6 Å². The molecule has 4 rings (SSSR count). The van der Waals surface area contributed by atoms with Crippen molar-refractivity contribution in [3.63, 3.8) is 0 Å². The van der Waals surface area contributed by atoms with E-state index in [2.05, 4.69) is 15.0 Å². The highest BCUT2D eigenvalue weighted by Gasteiger charge is 2.24. The van der Waals surface area contributed by atoms with Crippen molar-refractivity contribution in [2.75, 3.05) is 14.2 Å². The number of hydrogen-bond acceptors (Lipinski definition) is 6. The molecule has 4 aromatic rings. The molecular weight excluding hydrogens is 539 g/mol. The molecule has 0 aliphatic carbocycles. The molecule has 1 amide bonds.